The van der Waals surface area contributed by atoms with Crippen LogP contribution in [0.1, 0.15) is 21.5 Å². The normalized spacial score (nSPS) is 13.6. The van der Waals surface area contributed by atoms with E-state index in [1.165, 1.54) is 0 Å². The summed E-state index contributed by atoms with van der Waals surface area (Å²) in [4.78, 5) is 3.66. The molecule has 0 bridgehead atoms. The van der Waals surface area contributed by atoms with Gasteiger partial charge in [-0.15, -0.1) is 11.3 Å². The minimum Gasteiger partial charge on any atom is -0.320 e. The fourth-order valence-corrected chi connectivity index (χ4v) is 2.90. The third kappa shape index (κ3) is 3.10. The van der Waals surface area contributed by atoms with Gasteiger partial charge < -0.3 is 5.73 Å². The van der Waals surface area contributed by atoms with Crippen molar-refractivity contribution in [2.24, 2.45) is 5.73 Å². The van der Waals surface area contributed by atoms with Crippen molar-refractivity contribution in [2.75, 3.05) is 0 Å². The average Bonchev–Trinajstić information content (AvgIpc) is 2.81. The number of halogens is 5. The summed E-state index contributed by atoms with van der Waals surface area (Å²) in [6, 6.07) is 4.38. The van der Waals surface area contributed by atoms with Crippen molar-refractivity contribution in [2.45, 2.75) is 12.2 Å². The summed E-state index contributed by atoms with van der Waals surface area (Å²) in [7, 11) is 0. The summed E-state index contributed by atoms with van der Waals surface area (Å²) in [6.45, 7) is 0. The van der Waals surface area contributed by atoms with E-state index in [0.29, 0.717) is 31.3 Å². The average molecular weight is 372 g/mol. The molecule has 0 radical (unpaired) electrons. The third-order valence-corrected chi connectivity index (χ3v) is 4.83. The second kappa shape index (κ2) is 5.40. The van der Waals surface area contributed by atoms with E-state index in [4.69, 9.17) is 17.3 Å². The molecule has 0 saturated heterocycles. The molecule has 8 heteroatoms. The Morgan fingerprint density at radius 2 is 2.05 bits per heavy atom. The highest BCUT2D eigenvalue weighted by Gasteiger charge is 2.35. The summed E-state index contributed by atoms with van der Waals surface area (Å²) in [5, 5.41) is -0.527. The van der Waals surface area contributed by atoms with Crippen LogP contribution < -0.4 is 5.73 Å². The fraction of sp³-hybridized carbons (Fsp3) is 0.182. The van der Waals surface area contributed by atoms with Crippen LogP contribution in [0.15, 0.2) is 28.9 Å². The van der Waals surface area contributed by atoms with Gasteiger partial charge in [-0.05, 0) is 27.6 Å². The Morgan fingerprint density at radius 3 is 2.63 bits per heavy atom. The molecule has 0 aliphatic carbocycles. The maximum Gasteiger partial charge on any atom is 0.443 e. The van der Waals surface area contributed by atoms with Crippen LogP contribution in [0.4, 0.5) is 13.2 Å². The minimum absolute atomic E-state index is 0.312. The zero-order valence-corrected chi connectivity index (χ0v) is 12.4. The number of nitrogens with zero attached hydrogens (tertiary/aromatic N) is 1. The Labute approximate surface area is 124 Å². The highest BCUT2D eigenvalue weighted by Crippen LogP contribution is 2.37. The summed E-state index contributed by atoms with van der Waals surface area (Å²) < 4.78 is 38.1. The van der Waals surface area contributed by atoms with E-state index in [2.05, 4.69) is 20.9 Å². The predicted molar refractivity (Wildman–Crippen MR) is 72.3 cm³/mol. The Balaban J connectivity index is 2.37. The van der Waals surface area contributed by atoms with Crippen LogP contribution in [-0.2, 0) is 6.18 Å². The second-order valence-corrected chi connectivity index (χ2v) is 5.98. The molecule has 1 aromatic heterocycles. The van der Waals surface area contributed by atoms with Crippen molar-refractivity contribution in [3.05, 3.63) is 49.3 Å². The molecule has 2 N–H and O–H groups in total. The molecule has 1 atom stereocenters. The lowest BCUT2D eigenvalue weighted by atomic mass is 10.1. The maximum atomic E-state index is 12.5. The number of thiazole rings is 1. The van der Waals surface area contributed by atoms with E-state index in [0.717, 1.165) is 6.20 Å². The molecule has 0 spiro atoms. The molecule has 0 fully saturated rings. The fourth-order valence-electron chi connectivity index (χ4n) is 1.48. The lowest BCUT2D eigenvalue weighted by Crippen LogP contribution is -2.11. The molecule has 1 heterocycles. The molecule has 19 heavy (non-hydrogen) atoms. The Hall–Kier alpha value is -0.630. The lowest BCUT2D eigenvalue weighted by Gasteiger charge is -2.12. The van der Waals surface area contributed by atoms with E-state index in [9.17, 15) is 13.2 Å². The van der Waals surface area contributed by atoms with Crippen LogP contribution >= 0.6 is 38.9 Å². The molecular weight excluding hydrogens is 365 g/mol. The number of nitrogens with two attached hydrogens (primary N) is 1. The van der Waals surface area contributed by atoms with Crippen LogP contribution in [0.5, 0.6) is 0 Å². The highest BCUT2D eigenvalue weighted by molar-refractivity contribution is 9.10. The van der Waals surface area contributed by atoms with Gasteiger partial charge in [0, 0.05) is 15.5 Å². The van der Waals surface area contributed by atoms with Gasteiger partial charge in [-0.2, -0.15) is 13.2 Å². The van der Waals surface area contributed by atoms with Gasteiger partial charge in [-0.3, -0.25) is 0 Å². The van der Waals surface area contributed by atoms with E-state index < -0.39 is 17.2 Å². The maximum absolute atomic E-state index is 12.5. The molecule has 2 nitrogen and oxygen atoms in total. The van der Waals surface area contributed by atoms with Gasteiger partial charge >= 0.3 is 6.18 Å². The van der Waals surface area contributed by atoms with Crippen LogP contribution in [0.25, 0.3) is 0 Å². The molecule has 0 saturated carbocycles. The largest absolute Gasteiger partial charge is 0.443 e. The molecule has 2 rings (SSSR count). The van der Waals surface area contributed by atoms with Crippen LogP contribution in [0.2, 0.25) is 5.02 Å². The van der Waals surface area contributed by atoms with Crippen molar-refractivity contribution in [1.29, 1.82) is 0 Å². The standard InChI is InChI=1S/C11H7BrClF3N2S/c12-6-3-1-2-5(8(6)13)9(17)7-4-18-10(19-7)11(14,15)16/h1-4,9H,17H2. The summed E-state index contributed by atoms with van der Waals surface area (Å²) in [6.07, 6.45) is -3.32. The minimum atomic E-state index is -4.45. The summed E-state index contributed by atoms with van der Waals surface area (Å²) in [5.74, 6) is 0. The van der Waals surface area contributed by atoms with Gasteiger partial charge in [-0.25, -0.2) is 4.98 Å². The van der Waals surface area contributed by atoms with Crippen LogP contribution in [0.3, 0.4) is 0 Å². The number of hydrogen-bond acceptors (Lipinski definition) is 3. The van der Waals surface area contributed by atoms with Gasteiger partial charge in [-0.1, -0.05) is 23.7 Å². The number of hydrogen-bond donors (Lipinski definition) is 1. The highest BCUT2D eigenvalue weighted by atomic mass is 79.9. The number of benzene rings is 1. The lowest BCUT2D eigenvalue weighted by molar-refractivity contribution is -0.137. The van der Waals surface area contributed by atoms with Crippen LogP contribution in [-0.4, -0.2) is 4.98 Å². The van der Waals surface area contributed by atoms with E-state index in [1.54, 1.807) is 18.2 Å². The molecule has 0 aliphatic heterocycles. The molecule has 0 aliphatic rings. The third-order valence-electron chi connectivity index (χ3n) is 2.39. The van der Waals surface area contributed by atoms with Gasteiger partial charge in [0.2, 0.25) is 0 Å². The molecule has 0 amide bonds. The summed E-state index contributed by atoms with van der Waals surface area (Å²) >= 11 is 9.84. The van der Waals surface area contributed by atoms with Gasteiger partial charge in [0.1, 0.15) is 0 Å². The van der Waals surface area contributed by atoms with Gasteiger partial charge in [0.25, 0.3) is 0 Å². The van der Waals surface area contributed by atoms with Crippen molar-refractivity contribution in [1.82, 2.24) is 4.98 Å². The number of rotatable bonds is 2. The zero-order chi connectivity index (χ0) is 14.2. The van der Waals surface area contributed by atoms with Gasteiger partial charge in [0.05, 0.1) is 11.1 Å². The molecular formula is C11H7BrClF3N2S. The van der Waals surface area contributed by atoms with Gasteiger partial charge in [0.15, 0.2) is 5.01 Å². The van der Waals surface area contributed by atoms with E-state index in [1.807, 2.05) is 0 Å². The van der Waals surface area contributed by atoms with Crippen molar-refractivity contribution in [3.63, 3.8) is 0 Å². The second-order valence-electron chi connectivity index (χ2n) is 3.69. The summed E-state index contributed by atoms with van der Waals surface area (Å²) in [5.41, 5.74) is 6.49. The first kappa shape index (κ1) is 14.8. The molecule has 2 aromatic rings. The first-order valence-electron chi connectivity index (χ1n) is 5.03. The molecule has 1 aromatic carbocycles. The SMILES string of the molecule is NC(c1cnc(C(F)(F)F)s1)c1cccc(Br)c1Cl. The Morgan fingerprint density at radius 1 is 1.37 bits per heavy atom. The Bertz CT molecular complexity index is 600. The predicted octanol–water partition coefficient (Wildman–Crippen LogP) is 4.63. The molecule has 102 valence electrons. The first-order chi connectivity index (χ1) is 8.80. The van der Waals surface area contributed by atoms with Crippen molar-refractivity contribution in [3.8, 4) is 0 Å². The number of aromatic nitrogens is 1. The van der Waals surface area contributed by atoms with Crippen molar-refractivity contribution >= 4 is 38.9 Å². The quantitative estimate of drug-likeness (QED) is 0.836. The smallest absolute Gasteiger partial charge is 0.320 e. The van der Waals surface area contributed by atoms with Crippen molar-refractivity contribution < 1.29 is 13.2 Å². The zero-order valence-electron chi connectivity index (χ0n) is 9.21. The monoisotopic (exact) mass is 370 g/mol. The topological polar surface area (TPSA) is 38.9 Å². The van der Waals surface area contributed by atoms with E-state index in [-0.39, 0.29) is 0 Å². The molecule has 1 unspecified atom stereocenters. The van der Waals surface area contributed by atoms with E-state index >= 15 is 0 Å². The Kier molecular flexibility index (Phi) is 4.20. The van der Waals surface area contributed by atoms with Crippen LogP contribution in [0, 0.1) is 0 Å². The number of alkyl halides is 3. The first-order valence-corrected chi connectivity index (χ1v) is 7.02.